The molecule has 0 aromatic rings. The number of rotatable bonds is 2. The second-order valence-corrected chi connectivity index (χ2v) is 3.65. The van der Waals surface area contributed by atoms with Crippen LogP contribution < -0.4 is 16.0 Å². The van der Waals surface area contributed by atoms with Gasteiger partial charge in [0.25, 0.3) is 0 Å². The lowest BCUT2D eigenvalue weighted by Gasteiger charge is -2.26. The van der Waals surface area contributed by atoms with E-state index in [0.717, 1.165) is 6.42 Å². The number of urea groups is 2. The van der Waals surface area contributed by atoms with Gasteiger partial charge in [-0.2, -0.15) is 0 Å². The van der Waals surface area contributed by atoms with Crippen LogP contribution in [0.5, 0.6) is 0 Å². The maximum atomic E-state index is 11.5. The standard InChI is InChI=1S/C8H14N4O2/c1-3-4(2)12-6-5(10-8(12)14)9-7(13)11-6/h4-6H,3H2,1-2H3,(H,10,14)(H2,9,11,13)/t4-,5+,6+/m0/s1. The minimum Gasteiger partial charge on any atom is -0.314 e. The van der Waals surface area contributed by atoms with Crippen molar-refractivity contribution in [2.45, 2.75) is 38.6 Å². The van der Waals surface area contributed by atoms with Crippen molar-refractivity contribution in [2.24, 2.45) is 0 Å². The molecule has 78 valence electrons. The first kappa shape index (κ1) is 9.11. The number of hydrogen-bond acceptors (Lipinski definition) is 2. The molecular weight excluding hydrogens is 184 g/mol. The first-order valence-electron chi connectivity index (χ1n) is 4.79. The van der Waals surface area contributed by atoms with E-state index in [9.17, 15) is 9.59 Å². The summed E-state index contributed by atoms with van der Waals surface area (Å²) in [5, 5.41) is 8.04. The minimum atomic E-state index is -0.288. The van der Waals surface area contributed by atoms with E-state index >= 15 is 0 Å². The van der Waals surface area contributed by atoms with Crippen molar-refractivity contribution in [2.75, 3.05) is 0 Å². The lowest BCUT2D eigenvalue weighted by atomic mass is 10.2. The number of fused-ring (bicyclic) bond motifs is 1. The van der Waals surface area contributed by atoms with E-state index in [1.807, 2.05) is 13.8 Å². The van der Waals surface area contributed by atoms with Crippen LogP contribution in [-0.2, 0) is 0 Å². The van der Waals surface area contributed by atoms with Gasteiger partial charge < -0.3 is 16.0 Å². The van der Waals surface area contributed by atoms with Crippen LogP contribution in [0.3, 0.4) is 0 Å². The summed E-state index contributed by atoms with van der Waals surface area (Å²) in [6.45, 7) is 3.97. The predicted molar refractivity (Wildman–Crippen MR) is 49.4 cm³/mol. The molecule has 2 rings (SSSR count). The van der Waals surface area contributed by atoms with E-state index in [1.54, 1.807) is 4.90 Å². The van der Waals surface area contributed by atoms with Crippen molar-refractivity contribution < 1.29 is 9.59 Å². The molecule has 2 saturated heterocycles. The first-order valence-corrected chi connectivity index (χ1v) is 4.79. The van der Waals surface area contributed by atoms with Crippen LogP contribution in [0.4, 0.5) is 9.59 Å². The summed E-state index contributed by atoms with van der Waals surface area (Å²) in [5.74, 6) is 0. The molecule has 2 aliphatic heterocycles. The zero-order chi connectivity index (χ0) is 10.3. The van der Waals surface area contributed by atoms with Crippen LogP contribution in [0.15, 0.2) is 0 Å². The maximum absolute atomic E-state index is 11.5. The Balaban J connectivity index is 2.16. The summed E-state index contributed by atoms with van der Waals surface area (Å²) < 4.78 is 0. The smallest absolute Gasteiger partial charge is 0.314 e. The van der Waals surface area contributed by atoms with Gasteiger partial charge in [-0.15, -0.1) is 0 Å². The van der Waals surface area contributed by atoms with E-state index in [0.29, 0.717) is 0 Å². The van der Waals surface area contributed by atoms with Gasteiger partial charge in [0, 0.05) is 6.04 Å². The van der Waals surface area contributed by atoms with Gasteiger partial charge in [-0.1, -0.05) is 6.92 Å². The highest BCUT2D eigenvalue weighted by Crippen LogP contribution is 2.18. The lowest BCUT2D eigenvalue weighted by molar-refractivity contribution is 0.169. The highest BCUT2D eigenvalue weighted by atomic mass is 16.2. The molecule has 3 atom stereocenters. The second-order valence-electron chi connectivity index (χ2n) is 3.65. The van der Waals surface area contributed by atoms with Gasteiger partial charge in [0.15, 0.2) is 0 Å². The van der Waals surface area contributed by atoms with Gasteiger partial charge in [0.1, 0.15) is 12.3 Å². The molecule has 4 amide bonds. The zero-order valence-corrected chi connectivity index (χ0v) is 8.20. The molecule has 14 heavy (non-hydrogen) atoms. The summed E-state index contributed by atoms with van der Waals surface area (Å²) in [5.41, 5.74) is 0. The molecule has 2 aliphatic rings. The van der Waals surface area contributed by atoms with Gasteiger partial charge in [-0.3, -0.25) is 4.90 Å². The fourth-order valence-corrected chi connectivity index (χ4v) is 1.83. The van der Waals surface area contributed by atoms with Crippen LogP contribution >= 0.6 is 0 Å². The third-order valence-electron chi connectivity index (χ3n) is 2.76. The van der Waals surface area contributed by atoms with Gasteiger partial charge >= 0.3 is 12.1 Å². The van der Waals surface area contributed by atoms with Crippen molar-refractivity contribution >= 4 is 12.1 Å². The molecule has 0 aromatic carbocycles. The first-order chi connectivity index (χ1) is 6.63. The zero-order valence-electron chi connectivity index (χ0n) is 8.20. The molecule has 0 spiro atoms. The highest BCUT2D eigenvalue weighted by molar-refractivity contribution is 5.84. The molecule has 0 aliphatic carbocycles. The van der Waals surface area contributed by atoms with Crippen molar-refractivity contribution in [1.82, 2.24) is 20.9 Å². The predicted octanol–water partition coefficient (Wildman–Crippen LogP) is -0.225. The molecule has 0 unspecified atom stereocenters. The van der Waals surface area contributed by atoms with Crippen LogP contribution in [0.2, 0.25) is 0 Å². The molecular formula is C8H14N4O2. The Morgan fingerprint density at radius 1 is 1.36 bits per heavy atom. The number of nitrogens with one attached hydrogen (secondary N) is 3. The largest absolute Gasteiger partial charge is 0.321 e. The summed E-state index contributed by atoms with van der Waals surface area (Å²) in [6, 6.07) is -0.222. The van der Waals surface area contributed by atoms with Crippen molar-refractivity contribution in [1.29, 1.82) is 0 Å². The van der Waals surface area contributed by atoms with Gasteiger partial charge in [0.05, 0.1) is 0 Å². The average molecular weight is 198 g/mol. The Morgan fingerprint density at radius 3 is 2.71 bits per heavy atom. The average Bonchev–Trinajstić information content (AvgIpc) is 2.58. The number of hydrogen-bond donors (Lipinski definition) is 3. The van der Waals surface area contributed by atoms with Gasteiger partial charge in [-0.25, -0.2) is 9.59 Å². The summed E-state index contributed by atoms with van der Waals surface area (Å²) in [4.78, 5) is 24.2. The van der Waals surface area contributed by atoms with E-state index in [1.165, 1.54) is 0 Å². The topological polar surface area (TPSA) is 73.5 Å². The van der Waals surface area contributed by atoms with Crippen molar-refractivity contribution in [3.63, 3.8) is 0 Å². The number of carbonyl (C=O) groups excluding carboxylic acids is 2. The molecule has 0 bridgehead atoms. The Kier molecular flexibility index (Phi) is 1.98. The normalized spacial score (nSPS) is 32.0. The second kappa shape index (κ2) is 3.04. The Bertz CT molecular complexity index is 281. The molecule has 2 fully saturated rings. The summed E-state index contributed by atoms with van der Waals surface area (Å²) >= 11 is 0. The van der Waals surface area contributed by atoms with Gasteiger partial charge in [-0.05, 0) is 13.3 Å². The Morgan fingerprint density at radius 2 is 2.07 bits per heavy atom. The van der Waals surface area contributed by atoms with Crippen LogP contribution in [0.25, 0.3) is 0 Å². The number of amides is 4. The van der Waals surface area contributed by atoms with E-state index < -0.39 is 0 Å². The summed E-state index contributed by atoms with van der Waals surface area (Å²) in [7, 11) is 0. The molecule has 0 aromatic heterocycles. The Hall–Kier alpha value is -1.46. The van der Waals surface area contributed by atoms with E-state index in [4.69, 9.17) is 0 Å². The van der Waals surface area contributed by atoms with Crippen LogP contribution in [0, 0.1) is 0 Å². The molecule has 0 radical (unpaired) electrons. The fourth-order valence-electron chi connectivity index (χ4n) is 1.83. The monoisotopic (exact) mass is 198 g/mol. The minimum absolute atomic E-state index is 0.123. The van der Waals surface area contributed by atoms with Crippen molar-refractivity contribution in [3.05, 3.63) is 0 Å². The van der Waals surface area contributed by atoms with E-state index in [-0.39, 0.29) is 30.4 Å². The van der Waals surface area contributed by atoms with E-state index in [2.05, 4.69) is 16.0 Å². The highest BCUT2D eigenvalue weighted by Gasteiger charge is 2.46. The molecule has 0 saturated carbocycles. The third kappa shape index (κ3) is 1.18. The van der Waals surface area contributed by atoms with Gasteiger partial charge in [0.2, 0.25) is 0 Å². The fraction of sp³-hybridized carbons (Fsp3) is 0.750. The molecule has 6 nitrogen and oxygen atoms in total. The lowest BCUT2D eigenvalue weighted by Crippen LogP contribution is -2.47. The number of nitrogens with zero attached hydrogens (tertiary/aromatic N) is 1. The molecule has 2 heterocycles. The number of carbonyl (C=O) groups is 2. The molecule has 3 N–H and O–H groups in total. The quantitative estimate of drug-likeness (QED) is 0.573. The Labute approximate surface area is 82.0 Å². The SMILES string of the molecule is CC[C@H](C)N1C(=O)N[C@H]2NC(=O)N[C@@H]21. The van der Waals surface area contributed by atoms with Crippen LogP contribution in [0.1, 0.15) is 20.3 Å². The van der Waals surface area contributed by atoms with Crippen LogP contribution in [-0.4, -0.2) is 35.3 Å². The van der Waals surface area contributed by atoms with Crippen molar-refractivity contribution in [3.8, 4) is 0 Å². The summed E-state index contributed by atoms with van der Waals surface area (Å²) in [6.07, 6.45) is 0.334. The molecule has 6 heteroatoms. The maximum Gasteiger partial charge on any atom is 0.321 e. The third-order valence-corrected chi connectivity index (χ3v) is 2.76.